The number of para-hydroxylation sites is 1. The zero-order valence-corrected chi connectivity index (χ0v) is 18.2. The molecule has 0 aromatic heterocycles. The highest BCUT2D eigenvalue weighted by Gasteiger charge is 2.57. The molecular weight excluding hydrogens is 404 g/mol. The highest BCUT2D eigenvalue weighted by Crippen LogP contribution is 2.52. The number of cyclic esters (lactones) is 1. The zero-order valence-electron chi connectivity index (χ0n) is 18.2. The third kappa shape index (κ3) is 3.97. The topological polar surface area (TPSA) is 89.5 Å². The maximum atomic E-state index is 13.1. The van der Waals surface area contributed by atoms with Crippen LogP contribution in [0.25, 0.3) is 0 Å². The minimum absolute atomic E-state index is 0.140. The van der Waals surface area contributed by atoms with Crippen LogP contribution in [-0.4, -0.2) is 47.5 Å². The van der Waals surface area contributed by atoms with Gasteiger partial charge >= 0.3 is 11.9 Å². The van der Waals surface area contributed by atoms with E-state index in [-0.39, 0.29) is 12.8 Å². The first kappa shape index (κ1) is 22.3. The lowest BCUT2D eigenvalue weighted by molar-refractivity contribution is -0.157. The molecule has 1 fully saturated rings. The van der Waals surface area contributed by atoms with Crippen molar-refractivity contribution in [1.82, 2.24) is 0 Å². The molecule has 1 aliphatic heterocycles. The minimum atomic E-state index is -1.30. The van der Waals surface area contributed by atoms with Crippen LogP contribution in [0.3, 0.4) is 0 Å². The van der Waals surface area contributed by atoms with Crippen molar-refractivity contribution in [1.29, 1.82) is 0 Å². The fourth-order valence-electron chi connectivity index (χ4n) is 4.07. The van der Waals surface area contributed by atoms with Gasteiger partial charge in [-0.2, -0.15) is 0 Å². The average Bonchev–Trinajstić information content (AvgIpc) is 3.14. The first-order valence-electron chi connectivity index (χ1n) is 9.63. The zero-order chi connectivity index (χ0) is 22.6. The number of rotatable bonds is 8. The van der Waals surface area contributed by atoms with Gasteiger partial charge in [-0.3, -0.25) is 9.59 Å². The first-order chi connectivity index (χ1) is 14.9. The number of carbonyl (C=O) groups is 2. The van der Waals surface area contributed by atoms with Gasteiger partial charge in [0.1, 0.15) is 17.3 Å². The van der Waals surface area contributed by atoms with Gasteiger partial charge in [0.25, 0.3) is 0 Å². The van der Waals surface area contributed by atoms with Crippen molar-refractivity contribution in [3.05, 3.63) is 47.5 Å². The molecule has 0 bridgehead atoms. The fourth-order valence-corrected chi connectivity index (χ4v) is 4.07. The lowest BCUT2D eigenvalue weighted by Crippen LogP contribution is -2.37. The van der Waals surface area contributed by atoms with E-state index in [1.807, 2.05) is 18.2 Å². The molecule has 0 aliphatic carbocycles. The van der Waals surface area contributed by atoms with Gasteiger partial charge < -0.3 is 28.4 Å². The second kappa shape index (κ2) is 9.16. The van der Waals surface area contributed by atoms with E-state index in [1.54, 1.807) is 25.3 Å². The molecule has 166 valence electrons. The summed E-state index contributed by atoms with van der Waals surface area (Å²) in [5, 5.41) is 0. The molecule has 1 heterocycles. The van der Waals surface area contributed by atoms with Gasteiger partial charge in [0.2, 0.25) is 5.75 Å². The monoisotopic (exact) mass is 430 g/mol. The van der Waals surface area contributed by atoms with Crippen LogP contribution in [0.2, 0.25) is 0 Å². The van der Waals surface area contributed by atoms with E-state index in [1.165, 1.54) is 28.4 Å². The van der Waals surface area contributed by atoms with E-state index in [0.717, 1.165) is 5.56 Å². The molecular formula is C23H26O8. The van der Waals surface area contributed by atoms with Gasteiger partial charge in [-0.25, -0.2) is 0 Å². The Hall–Kier alpha value is -3.42. The average molecular weight is 430 g/mol. The molecule has 0 saturated carbocycles. The number of esters is 2. The Labute approximate surface area is 181 Å². The molecule has 2 aromatic rings. The second-order valence-electron chi connectivity index (χ2n) is 7.14. The molecule has 8 heteroatoms. The Balaban J connectivity index is 2.17. The molecule has 2 aromatic carbocycles. The third-order valence-corrected chi connectivity index (χ3v) is 5.49. The van der Waals surface area contributed by atoms with Crippen molar-refractivity contribution < 1.29 is 38.0 Å². The SMILES string of the molecule is COC(=O)C1(Cc2ccccc2OC)CC(=O)OC1c1cc(OC)c(OC)c(OC)c1. The molecule has 3 rings (SSSR count). The minimum Gasteiger partial charge on any atom is -0.496 e. The van der Waals surface area contributed by atoms with Crippen LogP contribution >= 0.6 is 0 Å². The van der Waals surface area contributed by atoms with E-state index in [9.17, 15) is 9.59 Å². The van der Waals surface area contributed by atoms with Gasteiger partial charge in [-0.15, -0.1) is 0 Å². The summed E-state index contributed by atoms with van der Waals surface area (Å²) in [6, 6.07) is 10.7. The smallest absolute Gasteiger partial charge is 0.316 e. The number of benzene rings is 2. The second-order valence-corrected chi connectivity index (χ2v) is 7.14. The summed E-state index contributed by atoms with van der Waals surface area (Å²) in [5.74, 6) is 0.717. The van der Waals surface area contributed by atoms with Crippen molar-refractivity contribution >= 4 is 11.9 Å². The van der Waals surface area contributed by atoms with Crippen LogP contribution in [0.1, 0.15) is 23.7 Å². The molecule has 1 saturated heterocycles. The van der Waals surface area contributed by atoms with Crippen molar-refractivity contribution in [2.75, 3.05) is 35.5 Å². The first-order valence-corrected chi connectivity index (χ1v) is 9.63. The van der Waals surface area contributed by atoms with Crippen molar-refractivity contribution in [3.8, 4) is 23.0 Å². The van der Waals surface area contributed by atoms with E-state index in [4.69, 9.17) is 28.4 Å². The van der Waals surface area contributed by atoms with Crippen LogP contribution in [0.4, 0.5) is 0 Å². The Morgan fingerprint density at radius 3 is 2.13 bits per heavy atom. The van der Waals surface area contributed by atoms with Gasteiger partial charge in [0.15, 0.2) is 11.5 Å². The lowest BCUT2D eigenvalue weighted by atomic mass is 9.73. The maximum Gasteiger partial charge on any atom is 0.316 e. The van der Waals surface area contributed by atoms with Crippen LogP contribution in [0, 0.1) is 5.41 Å². The molecule has 1 aliphatic rings. The Bertz CT molecular complexity index is 945. The lowest BCUT2D eigenvalue weighted by Gasteiger charge is -2.31. The van der Waals surface area contributed by atoms with Crippen LogP contribution in [-0.2, 0) is 25.5 Å². The van der Waals surface area contributed by atoms with Crippen LogP contribution in [0.5, 0.6) is 23.0 Å². The maximum absolute atomic E-state index is 13.1. The largest absolute Gasteiger partial charge is 0.496 e. The van der Waals surface area contributed by atoms with Crippen LogP contribution < -0.4 is 18.9 Å². The fraction of sp³-hybridized carbons (Fsp3) is 0.391. The Kier molecular flexibility index (Phi) is 6.58. The Morgan fingerprint density at radius 2 is 1.58 bits per heavy atom. The van der Waals surface area contributed by atoms with Crippen molar-refractivity contribution in [2.24, 2.45) is 5.41 Å². The van der Waals surface area contributed by atoms with Gasteiger partial charge in [0.05, 0.1) is 42.0 Å². The molecule has 2 unspecified atom stereocenters. The summed E-state index contributed by atoms with van der Waals surface area (Å²) < 4.78 is 32.5. The normalized spacial score (nSPS) is 20.0. The number of hydrogen-bond acceptors (Lipinski definition) is 8. The number of carbonyl (C=O) groups excluding carboxylic acids is 2. The van der Waals surface area contributed by atoms with Crippen LogP contribution in [0.15, 0.2) is 36.4 Å². The van der Waals surface area contributed by atoms with Gasteiger partial charge in [0, 0.05) is 5.56 Å². The van der Waals surface area contributed by atoms with Crippen molar-refractivity contribution in [2.45, 2.75) is 18.9 Å². The standard InChI is InChI=1S/C23H26O8/c1-26-16-9-7-6-8-14(16)12-23(22(25)30-5)13-19(24)31-21(23)15-10-17(27-2)20(29-4)18(11-15)28-3/h6-11,21H,12-13H2,1-5H3. The number of hydrogen-bond donors (Lipinski definition) is 0. The predicted octanol–water partition coefficient (Wildman–Crippen LogP) is 3.11. The summed E-state index contributed by atoms with van der Waals surface area (Å²) in [6.45, 7) is 0. The third-order valence-electron chi connectivity index (χ3n) is 5.49. The summed E-state index contributed by atoms with van der Waals surface area (Å²) in [5.41, 5.74) is -0.0165. The summed E-state index contributed by atoms with van der Waals surface area (Å²) in [6.07, 6.45) is -0.887. The highest BCUT2D eigenvalue weighted by atomic mass is 16.6. The van der Waals surface area contributed by atoms with E-state index in [0.29, 0.717) is 28.6 Å². The molecule has 31 heavy (non-hydrogen) atoms. The summed E-state index contributed by atoms with van der Waals surface area (Å²) in [4.78, 5) is 25.6. The Morgan fingerprint density at radius 1 is 0.968 bits per heavy atom. The molecule has 2 atom stereocenters. The van der Waals surface area contributed by atoms with E-state index >= 15 is 0 Å². The quantitative estimate of drug-likeness (QED) is 0.590. The molecule has 0 spiro atoms. The van der Waals surface area contributed by atoms with E-state index < -0.39 is 23.5 Å². The molecule has 0 radical (unpaired) electrons. The van der Waals surface area contributed by atoms with Gasteiger partial charge in [-0.1, -0.05) is 18.2 Å². The highest BCUT2D eigenvalue weighted by molar-refractivity contribution is 5.88. The predicted molar refractivity (Wildman–Crippen MR) is 111 cm³/mol. The molecule has 8 nitrogen and oxygen atoms in total. The summed E-state index contributed by atoms with van der Waals surface area (Å²) >= 11 is 0. The van der Waals surface area contributed by atoms with Crippen molar-refractivity contribution in [3.63, 3.8) is 0 Å². The summed E-state index contributed by atoms with van der Waals surface area (Å²) in [7, 11) is 7.32. The number of methoxy groups -OCH3 is 5. The van der Waals surface area contributed by atoms with Gasteiger partial charge in [-0.05, 0) is 30.2 Å². The molecule has 0 N–H and O–H groups in total. The number of ether oxygens (including phenoxy) is 6. The molecule has 0 amide bonds. The van der Waals surface area contributed by atoms with E-state index in [2.05, 4.69) is 0 Å².